The first-order valence-corrected chi connectivity index (χ1v) is 13.6. The smallest absolute Gasteiger partial charge is 0.343 e. The van der Waals surface area contributed by atoms with Crippen molar-refractivity contribution in [2.45, 2.75) is 64.6 Å². The van der Waals surface area contributed by atoms with Crippen molar-refractivity contribution in [2.75, 3.05) is 52.3 Å². The van der Waals surface area contributed by atoms with Crippen molar-refractivity contribution in [3.63, 3.8) is 0 Å². The minimum Gasteiger partial charge on any atom is -0.493 e. The summed E-state index contributed by atoms with van der Waals surface area (Å²) in [6.45, 7) is 8.57. The molecule has 1 saturated carbocycles. The van der Waals surface area contributed by atoms with Crippen LogP contribution in [0.2, 0.25) is 0 Å². The second-order valence-corrected chi connectivity index (χ2v) is 9.63. The van der Waals surface area contributed by atoms with Gasteiger partial charge < -0.3 is 23.7 Å². The molecule has 0 amide bonds. The second kappa shape index (κ2) is 12.3. The lowest BCUT2D eigenvalue weighted by Crippen LogP contribution is -2.67. The number of pyridine rings is 1. The number of hydrogen-bond acceptors (Lipinski definition) is 8. The van der Waals surface area contributed by atoms with E-state index in [0.29, 0.717) is 33.0 Å². The summed E-state index contributed by atoms with van der Waals surface area (Å²) in [5.41, 5.74) is 3.11. The summed E-state index contributed by atoms with van der Waals surface area (Å²) in [6.07, 6.45) is 5.52. The number of morpholine rings is 1. The van der Waals surface area contributed by atoms with Gasteiger partial charge in [0.1, 0.15) is 11.3 Å². The molecule has 3 aliphatic rings. The van der Waals surface area contributed by atoms with Crippen molar-refractivity contribution in [3.05, 3.63) is 51.3 Å². The number of ether oxygens (including phenoxy) is 5. The predicted octanol–water partition coefficient (Wildman–Crippen LogP) is 4.23. The van der Waals surface area contributed by atoms with Crippen molar-refractivity contribution in [1.29, 1.82) is 0 Å². The Hall–Kier alpha value is -2.88. The molecule has 9 nitrogen and oxygen atoms in total. The van der Waals surface area contributed by atoms with E-state index in [2.05, 4.69) is 11.1 Å². The van der Waals surface area contributed by atoms with Crippen LogP contribution < -0.4 is 15.2 Å². The van der Waals surface area contributed by atoms with Gasteiger partial charge in [-0.15, -0.1) is 0 Å². The summed E-state index contributed by atoms with van der Waals surface area (Å²) in [6, 6.07) is 5.58. The van der Waals surface area contributed by atoms with E-state index < -0.39 is 5.97 Å². The van der Waals surface area contributed by atoms with Crippen LogP contribution in [0.5, 0.6) is 5.75 Å². The number of hydrogen-bond donors (Lipinski definition) is 0. The van der Waals surface area contributed by atoms with E-state index in [1.54, 1.807) is 33.4 Å². The molecule has 1 saturated heterocycles. The van der Waals surface area contributed by atoms with E-state index in [0.717, 1.165) is 53.8 Å². The van der Waals surface area contributed by atoms with Crippen LogP contribution in [0.15, 0.2) is 29.2 Å². The quantitative estimate of drug-likeness (QED) is 0.353. The molecule has 38 heavy (non-hydrogen) atoms. The first-order chi connectivity index (χ1) is 18.5. The van der Waals surface area contributed by atoms with Gasteiger partial charge in [-0.25, -0.2) is 4.79 Å². The summed E-state index contributed by atoms with van der Waals surface area (Å²) in [7, 11) is 3.32. The Bertz CT molecular complexity index is 1190. The number of benzene rings is 1. The van der Waals surface area contributed by atoms with E-state index in [4.69, 9.17) is 23.7 Å². The fraction of sp³-hybridized carbons (Fsp3) is 0.586. The number of fused-ring (bicyclic) bond motifs is 7. The molecule has 1 aromatic heterocycles. The minimum absolute atomic E-state index is 0.0407. The fourth-order valence-electron chi connectivity index (χ4n) is 5.58. The van der Waals surface area contributed by atoms with Crippen LogP contribution in [0.4, 0.5) is 0 Å². The number of carbonyl (C=O) groups is 1. The highest BCUT2D eigenvalue weighted by Gasteiger charge is 2.52. The number of rotatable bonds is 9. The maximum atomic E-state index is 13.1. The van der Waals surface area contributed by atoms with E-state index in [1.165, 1.54) is 0 Å². The number of carbonyl (C=O) groups excluding carboxylic acids is 1. The van der Waals surface area contributed by atoms with Crippen LogP contribution in [-0.2, 0) is 25.6 Å². The molecule has 2 aliphatic heterocycles. The molecule has 9 heteroatoms. The van der Waals surface area contributed by atoms with Crippen molar-refractivity contribution in [1.82, 2.24) is 4.68 Å². The largest absolute Gasteiger partial charge is 0.493 e. The Labute approximate surface area is 224 Å². The topological polar surface area (TPSA) is 88.5 Å². The molecule has 1 spiro atoms. The van der Waals surface area contributed by atoms with Crippen molar-refractivity contribution in [3.8, 4) is 17.0 Å². The highest BCUT2D eigenvalue weighted by molar-refractivity contribution is 5.89. The maximum Gasteiger partial charge on any atom is 0.343 e. The Morgan fingerprint density at radius 3 is 2.58 bits per heavy atom. The summed E-state index contributed by atoms with van der Waals surface area (Å²) in [4.78, 5) is 25.7. The van der Waals surface area contributed by atoms with Gasteiger partial charge in [-0.3, -0.25) is 14.5 Å². The molecule has 0 N–H and O–H groups in total. The molecule has 5 rings (SSSR count). The first kappa shape index (κ1) is 28.1. The molecular weight excluding hydrogens is 488 g/mol. The standard InChI is InChI=1S/C27H34N2O7.C2H6/c1-4-35-26(31)21-14-28-22(13-24(21)30)19-11-18(15-33-3)25(36-10-6-9-32-2)12-20(19)23-16-34-17-27(29(23)28)7-5-8-27;1-2/h11-14,23H,4-10,15-17H2,1-3H3;1-2H3. The van der Waals surface area contributed by atoms with Crippen molar-refractivity contribution < 1.29 is 28.5 Å². The van der Waals surface area contributed by atoms with Gasteiger partial charge in [-0.05, 0) is 43.9 Å². The molecule has 1 aliphatic carbocycles. The van der Waals surface area contributed by atoms with Gasteiger partial charge in [-0.1, -0.05) is 13.8 Å². The molecule has 1 aromatic carbocycles. The average molecular weight is 529 g/mol. The highest BCUT2D eigenvalue weighted by atomic mass is 16.5. The Kier molecular flexibility index (Phi) is 9.12. The molecule has 2 aromatic rings. The SMILES string of the molecule is CC.CCOC(=O)c1cn2c(cc1=O)-c1cc(COC)c(OCCCOC)cc1C1COCC3(CCC3)N12. The zero-order valence-corrected chi connectivity index (χ0v) is 23.2. The van der Waals surface area contributed by atoms with Gasteiger partial charge in [0.05, 0.1) is 50.3 Å². The average Bonchev–Trinajstić information content (AvgIpc) is 2.91. The number of esters is 1. The van der Waals surface area contributed by atoms with Gasteiger partial charge in [-0.2, -0.15) is 0 Å². The van der Waals surface area contributed by atoms with Crippen LogP contribution in [-0.4, -0.2) is 63.4 Å². The normalized spacial score (nSPS) is 18.3. The predicted molar refractivity (Wildman–Crippen MR) is 145 cm³/mol. The molecule has 1 atom stereocenters. The zero-order valence-electron chi connectivity index (χ0n) is 23.2. The molecule has 3 heterocycles. The second-order valence-electron chi connectivity index (χ2n) is 9.63. The maximum absolute atomic E-state index is 13.1. The third-order valence-corrected chi connectivity index (χ3v) is 7.39. The molecule has 0 radical (unpaired) electrons. The van der Waals surface area contributed by atoms with Gasteiger partial charge in [0, 0.05) is 50.6 Å². The molecule has 0 bridgehead atoms. The zero-order chi connectivity index (χ0) is 27.3. The van der Waals surface area contributed by atoms with Gasteiger partial charge in [0.15, 0.2) is 5.43 Å². The van der Waals surface area contributed by atoms with Crippen LogP contribution in [0.1, 0.15) is 74.0 Å². The van der Waals surface area contributed by atoms with E-state index in [9.17, 15) is 9.59 Å². The summed E-state index contributed by atoms with van der Waals surface area (Å²) in [5.74, 6) is 0.162. The molecular formula is C29H40N2O7. The van der Waals surface area contributed by atoms with Crippen molar-refractivity contribution >= 4 is 5.97 Å². The summed E-state index contributed by atoms with van der Waals surface area (Å²) >= 11 is 0. The fourth-order valence-corrected chi connectivity index (χ4v) is 5.58. The lowest BCUT2D eigenvalue weighted by atomic mass is 9.74. The number of nitrogens with zero attached hydrogens (tertiary/aromatic N) is 2. The lowest BCUT2D eigenvalue weighted by Gasteiger charge is -2.59. The first-order valence-electron chi connectivity index (χ1n) is 13.6. The van der Waals surface area contributed by atoms with Crippen LogP contribution in [0.3, 0.4) is 0 Å². The van der Waals surface area contributed by atoms with Crippen LogP contribution >= 0.6 is 0 Å². The molecule has 2 fully saturated rings. The van der Waals surface area contributed by atoms with Gasteiger partial charge in [0.2, 0.25) is 0 Å². The monoisotopic (exact) mass is 528 g/mol. The number of methoxy groups -OCH3 is 2. The van der Waals surface area contributed by atoms with Gasteiger partial charge in [0.25, 0.3) is 0 Å². The molecule has 208 valence electrons. The van der Waals surface area contributed by atoms with E-state index in [1.807, 2.05) is 24.6 Å². The third kappa shape index (κ3) is 5.07. The van der Waals surface area contributed by atoms with Crippen LogP contribution in [0.25, 0.3) is 11.3 Å². The van der Waals surface area contributed by atoms with Gasteiger partial charge >= 0.3 is 5.97 Å². The number of aromatic nitrogens is 1. The Morgan fingerprint density at radius 2 is 1.92 bits per heavy atom. The molecule has 1 unspecified atom stereocenters. The van der Waals surface area contributed by atoms with Crippen LogP contribution in [0, 0.1) is 0 Å². The summed E-state index contributed by atoms with van der Waals surface area (Å²) in [5, 5.41) is 2.32. The van der Waals surface area contributed by atoms with E-state index in [-0.39, 0.29) is 29.2 Å². The van der Waals surface area contributed by atoms with Crippen molar-refractivity contribution in [2.24, 2.45) is 0 Å². The van der Waals surface area contributed by atoms with E-state index >= 15 is 0 Å². The Balaban J connectivity index is 0.00000164. The lowest BCUT2D eigenvalue weighted by molar-refractivity contribution is -0.0300. The third-order valence-electron chi connectivity index (χ3n) is 7.39. The highest BCUT2D eigenvalue weighted by Crippen LogP contribution is 2.50. The minimum atomic E-state index is -0.601. The summed E-state index contributed by atoms with van der Waals surface area (Å²) < 4.78 is 30.1. The Morgan fingerprint density at radius 1 is 1.13 bits per heavy atom.